The summed E-state index contributed by atoms with van der Waals surface area (Å²) >= 11 is 6.00. The standard InChI is InChI=1S/C13H7ClN2O3/c14-8-5-6-10(16(18)19)12-11(8)13(17)7-3-1-2-4-9(7)15-12/h1-6H,(H,15,17). The normalized spacial score (nSPS) is 11.0. The zero-order valence-electron chi connectivity index (χ0n) is 9.51. The molecular weight excluding hydrogens is 268 g/mol. The molecule has 0 saturated heterocycles. The van der Waals surface area contributed by atoms with E-state index in [4.69, 9.17) is 11.6 Å². The minimum atomic E-state index is -0.538. The van der Waals surface area contributed by atoms with Gasteiger partial charge in [-0.05, 0) is 18.2 Å². The van der Waals surface area contributed by atoms with Crippen LogP contribution in [0.5, 0.6) is 0 Å². The SMILES string of the molecule is O=c1c2ccccc2[nH]c2c([N+](=O)[O-])ccc(Cl)c12. The Morgan fingerprint density at radius 3 is 2.63 bits per heavy atom. The fraction of sp³-hybridized carbons (Fsp3) is 0. The third-order valence-electron chi connectivity index (χ3n) is 2.99. The topological polar surface area (TPSA) is 76.0 Å². The Kier molecular flexibility index (Phi) is 2.50. The van der Waals surface area contributed by atoms with Crippen LogP contribution in [0, 0.1) is 10.1 Å². The van der Waals surface area contributed by atoms with Crippen LogP contribution in [0.1, 0.15) is 0 Å². The van der Waals surface area contributed by atoms with Crippen molar-refractivity contribution in [1.29, 1.82) is 0 Å². The zero-order chi connectivity index (χ0) is 13.6. The number of pyridine rings is 1. The van der Waals surface area contributed by atoms with Crippen molar-refractivity contribution < 1.29 is 4.92 Å². The molecule has 3 aromatic rings. The van der Waals surface area contributed by atoms with E-state index in [-0.39, 0.29) is 27.0 Å². The number of nitro benzene ring substituents is 1. The van der Waals surface area contributed by atoms with E-state index in [9.17, 15) is 14.9 Å². The van der Waals surface area contributed by atoms with Crippen molar-refractivity contribution in [3.8, 4) is 0 Å². The second-order valence-corrected chi connectivity index (χ2v) is 4.48. The highest BCUT2D eigenvalue weighted by Gasteiger charge is 2.18. The van der Waals surface area contributed by atoms with Crippen molar-refractivity contribution >= 4 is 39.1 Å². The molecule has 19 heavy (non-hydrogen) atoms. The van der Waals surface area contributed by atoms with Crippen LogP contribution in [0.15, 0.2) is 41.2 Å². The number of aromatic nitrogens is 1. The molecule has 0 saturated carbocycles. The van der Waals surface area contributed by atoms with Crippen molar-refractivity contribution in [3.05, 3.63) is 61.8 Å². The summed E-state index contributed by atoms with van der Waals surface area (Å²) in [7, 11) is 0. The second kappa shape index (κ2) is 4.07. The molecule has 0 bridgehead atoms. The molecule has 0 unspecified atom stereocenters. The van der Waals surface area contributed by atoms with Crippen molar-refractivity contribution in [2.75, 3.05) is 0 Å². The highest BCUT2D eigenvalue weighted by atomic mass is 35.5. The lowest BCUT2D eigenvalue weighted by Crippen LogP contribution is -2.06. The summed E-state index contributed by atoms with van der Waals surface area (Å²) in [5.41, 5.74) is 0.229. The molecule has 0 aliphatic rings. The van der Waals surface area contributed by atoms with Crippen LogP contribution in [0.2, 0.25) is 5.02 Å². The number of hydrogen-bond acceptors (Lipinski definition) is 3. The zero-order valence-corrected chi connectivity index (χ0v) is 10.3. The van der Waals surface area contributed by atoms with Crippen LogP contribution in [0.25, 0.3) is 21.8 Å². The molecule has 0 radical (unpaired) electrons. The number of nitrogens with one attached hydrogen (secondary N) is 1. The van der Waals surface area contributed by atoms with Crippen molar-refractivity contribution in [2.24, 2.45) is 0 Å². The van der Waals surface area contributed by atoms with Gasteiger partial charge in [-0.2, -0.15) is 0 Å². The first-order valence-corrected chi connectivity index (χ1v) is 5.85. The van der Waals surface area contributed by atoms with Gasteiger partial charge < -0.3 is 4.98 Å². The van der Waals surface area contributed by atoms with Crippen LogP contribution in [-0.4, -0.2) is 9.91 Å². The molecule has 94 valence electrons. The number of fused-ring (bicyclic) bond motifs is 2. The molecule has 1 N–H and O–H groups in total. The molecule has 5 nitrogen and oxygen atoms in total. The van der Waals surface area contributed by atoms with Crippen LogP contribution < -0.4 is 5.43 Å². The largest absolute Gasteiger partial charge is 0.349 e. The van der Waals surface area contributed by atoms with E-state index >= 15 is 0 Å². The van der Waals surface area contributed by atoms with Crippen LogP contribution in [0.4, 0.5) is 5.69 Å². The third kappa shape index (κ3) is 1.67. The van der Waals surface area contributed by atoms with E-state index in [1.807, 2.05) is 0 Å². The van der Waals surface area contributed by atoms with Gasteiger partial charge >= 0.3 is 0 Å². The average molecular weight is 275 g/mol. The van der Waals surface area contributed by atoms with Gasteiger partial charge in [-0.3, -0.25) is 14.9 Å². The van der Waals surface area contributed by atoms with Gasteiger partial charge in [0.2, 0.25) is 0 Å². The number of non-ortho nitro benzene ring substituents is 1. The maximum Gasteiger partial charge on any atom is 0.293 e. The van der Waals surface area contributed by atoms with E-state index < -0.39 is 4.92 Å². The first kappa shape index (κ1) is 11.7. The van der Waals surface area contributed by atoms with E-state index in [1.165, 1.54) is 12.1 Å². The minimum Gasteiger partial charge on any atom is -0.349 e. The van der Waals surface area contributed by atoms with Crippen LogP contribution in [-0.2, 0) is 0 Å². The molecule has 3 rings (SSSR count). The molecule has 2 aromatic carbocycles. The van der Waals surface area contributed by atoms with Gasteiger partial charge in [0.1, 0.15) is 5.52 Å². The second-order valence-electron chi connectivity index (χ2n) is 4.07. The summed E-state index contributed by atoms with van der Waals surface area (Å²) in [5.74, 6) is 0. The Morgan fingerprint density at radius 2 is 1.89 bits per heavy atom. The summed E-state index contributed by atoms with van der Waals surface area (Å²) in [5, 5.41) is 11.8. The lowest BCUT2D eigenvalue weighted by Gasteiger charge is -2.04. The molecule has 1 heterocycles. The number of benzene rings is 2. The Hall–Kier alpha value is -2.40. The first-order chi connectivity index (χ1) is 9.09. The number of aromatic amines is 1. The molecule has 0 aliphatic carbocycles. The van der Waals surface area contributed by atoms with Gasteiger partial charge in [0.25, 0.3) is 5.69 Å². The maximum atomic E-state index is 12.4. The van der Waals surface area contributed by atoms with Gasteiger partial charge in [-0.1, -0.05) is 23.7 Å². The Labute approximate surface area is 111 Å². The molecule has 0 amide bonds. The van der Waals surface area contributed by atoms with Crippen molar-refractivity contribution in [3.63, 3.8) is 0 Å². The monoisotopic (exact) mass is 274 g/mol. The lowest BCUT2D eigenvalue weighted by molar-refractivity contribution is -0.383. The lowest BCUT2D eigenvalue weighted by atomic mass is 10.1. The van der Waals surface area contributed by atoms with Crippen LogP contribution >= 0.6 is 11.6 Å². The maximum absolute atomic E-state index is 12.4. The molecule has 0 fully saturated rings. The molecule has 0 aliphatic heterocycles. The van der Waals surface area contributed by atoms with Gasteiger partial charge in [0.05, 0.1) is 15.3 Å². The highest BCUT2D eigenvalue weighted by molar-refractivity contribution is 6.36. The molecule has 6 heteroatoms. The summed E-state index contributed by atoms with van der Waals surface area (Å²) in [6, 6.07) is 9.49. The van der Waals surface area contributed by atoms with Crippen molar-refractivity contribution in [2.45, 2.75) is 0 Å². The summed E-state index contributed by atoms with van der Waals surface area (Å²) in [4.78, 5) is 25.7. The number of nitro groups is 1. The number of para-hydroxylation sites is 1. The highest BCUT2D eigenvalue weighted by Crippen LogP contribution is 2.29. The molecule has 0 atom stereocenters. The van der Waals surface area contributed by atoms with Crippen molar-refractivity contribution in [1.82, 2.24) is 4.98 Å². The summed E-state index contributed by atoms with van der Waals surface area (Å²) < 4.78 is 0. The van der Waals surface area contributed by atoms with Gasteiger partial charge in [0, 0.05) is 17.0 Å². The number of rotatable bonds is 1. The first-order valence-electron chi connectivity index (χ1n) is 5.47. The predicted molar refractivity (Wildman–Crippen MR) is 73.7 cm³/mol. The number of H-pyrrole nitrogens is 1. The molecular formula is C13H7ClN2O3. The number of nitrogens with zero attached hydrogens (tertiary/aromatic N) is 1. The van der Waals surface area contributed by atoms with E-state index in [0.717, 1.165) is 0 Å². The quantitative estimate of drug-likeness (QED) is 0.420. The van der Waals surface area contributed by atoms with Gasteiger partial charge in [0.15, 0.2) is 5.43 Å². The summed E-state index contributed by atoms with van der Waals surface area (Å²) in [6.07, 6.45) is 0. The number of halogens is 1. The fourth-order valence-corrected chi connectivity index (χ4v) is 2.37. The average Bonchev–Trinajstić information content (AvgIpc) is 2.38. The molecule has 0 spiro atoms. The van der Waals surface area contributed by atoms with Gasteiger partial charge in [-0.15, -0.1) is 0 Å². The smallest absolute Gasteiger partial charge is 0.293 e. The number of hydrogen-bond donors (Lipinski definition) is 1. The molecule has 1 aromatic heterocycles. The van der Waals surface area contributed by atoms with Gasteiger partial charge in [-0.25, -0.2) is 0 Å². The van der Waals surface area contributed by atoms with Crippen LogP contribution in [0.3, 0.4) is 0 Å². The van der Waals surface area contributed by atoms with E-state index in [2.05, 4.69) is 4.98 Å². The summed E-state index contributed by atoms with van der Waals surface area (Å²) in [6.45, 7) is 0. The predicted octanol–water partition coefficient (Wildman–Crippen LogP) is 3.24. The minimum absolute atomic E-state index is 0.148. The van der Waals surface area contributed by atoms with E-state index in [1.54, 1.807) is 24.3 Å². The fourth-order valence-electron chi connectivity index (χ4n) is 2.13. The third-order valence-corrected chi connectivity index (χ3v) is 3.30. The Bertz CT molecular complexity index is 886. The Balaban J connectivity index is 2.64. The Morgan fingerprint density at radius 1 is 1.16 bits per heavy atom. The van der Waals surface area contributed by atoms with E-state index in [0.29, 0.717) is 10.9 Å².